The van der Waals surface area contributed by atoms with Gasteiger partial charge in [-0.05, 0) is 49.2 Å². The molecule has 0 bridgehead atoms. The van der Waals surface area contributed by atoms with Crippen LogP contribution >= 0.6 is 11.3 Å². The molecular weight excluding hydrogens is 547 g/mol. The number of nitrogens with zero attached hydrogens (tertiary/aromatic N) is 3. The van der Waals surface area contributed by atoms with Crippen LogP contribution in [0.15, 0.2) is 53.6 Å². The fourth-order valence-corrected chi connectivity index (χ4v) is 6.10. The lowest BCUT2D eigenvalue weighted by molar-refractivity contribution is 0.120. The summed E-state index contributed by atoms with van der Waals surface area (Å²) in [5, 5.41) is 4.08. The van der Waals surface area contributed by atoms with E-state index in [9.17, 15) is 17.4 Å². The first-order chi connectivity index (χ1) is 18.8. The van der Waals surface area contributed by atoms with Crippen LogP contribution in [0.2, 0.25) is 0 Å². The number of rotatable bonds is 9. The van der Waals surface area contributed by atoms with Crippen molar-refractivity contribution < 1.29 is 22.1 Å². The van der Waals surface area contributed by atoms with Crippen molar-refractivity contribution in [1.29, 1.82) is 0 Å². The van der Waals surface area contributed by atoms with Gasteiger partial charge in [-0.2, -0.15) is 0 Å². The Balaban J connectivity index is 1.47. The maximum absolute atomic E-state index is 14.7. The second-order valence-electron chi connectivity index (χ2n) is 9.28. The summed E-state index contributed by atoms with van der Waals surface area (Å²) < 4.78 is 63.8. The van der Waals surface area contributed by atoms with Gasteiger partial charge in [0.2, 0.25) is 5.95 Å². The van der Waals surface area contributed by atoms with Crippen LogP contribution in [-0.2, 0) is 15.7 Å². The molecule has 2 N–H and O–H groups in total. The Morgan fingerprint density at radius 3 is 2.62 bits per heavy atom. The van der Waals surface area contributed by atoms with Crippen molar-refractivity contribution in [2.75, 3.05) is 23.2 Å². The predicted molar refractivity (Wildman–Crippen MR) is 146 cm³/mol. The first-order valence-corrected chi connectivity index (χ1v) is 14.4. The molecule has 1 fully saturated rings. The number of benzene rings is 2. The summed E-state index contributed by atoms with van der Waals surface area (Å²) in [6.07, 6.45) is 3.80. The number of nitrogens with one attached hydrogen (secondary N) is 2. The molecule has 0 aliphatic carbocycles. The van der Waals surface area contributed by atoms with Crippen LogP contribution in [0.1, 0.15) is 37.6 Å². The molecule has 0 radical (unpaired) electrons. The molecule has 1 aliphatic heterocycles. The molecule has 4 aromatic rings. The van der Waals surface area contributed by atoms with E-state index >= 15 is 0 Å². The van der Waals surface area contributed by atoms with Crippen LogP contribution in [0.25, 0.3) is 21.8 Å². The number of anilines is 2. The zero-order chi connectivity index (χ0) is 27.5. The van der Waals surface area contributed by atoms with Crippen LogP contribution in [0.3, 0.4) is 0 Å². The Labute approximate surface area is 230 Å². The number of hydrogen-bond donors (Lipinski definition) is 2. The molecule has 1 aliphatic rings. The number of thiazole rings is 1. The van der Waals surface area contributed by atoms with Gasteiger partial charge in [-0.25, -0.2) is 32.3 Å². The van der Waals surface area contributed by atoms with E-state index in [1.54, 1.807) is 18.3 Å². The lowest BCUT2D eigenvalue weighted by Crippen LogP contribution is -2.19. The van der Waals surface area contributed by atoms with Crippen LogP contribution in [0.4, 0.5) is 24.8 Å². The average molecular weight is 574 g/mol. The third-order valence-electron chi connectivity index (χ3n) is 6.08. The van der Waals surface area contributed by atoms with Gasteiger partial charge < -0.3 is 10.1 Å². The molecule has 12 heteroatoms. The molecule has 2 aromatic carbocycles. The fraction of sp³-hybridized carbons (Fsp3) is 0.296. The third kappa shape index (κ3) is 6.13. The number of ether oxygens (including phenoxy) is 1. The molecule has 0 saturated carbocycles. The minimum atomic E-state index is -2.38. The van der Waals surface area contributed by atoms with Gasteiger partial charge in [0.25, 0.3) is 0 Å². The summed E-state index contributed by atoms with van der Waals surface area (Å²) in [5.41, 5.74) is 1.53. The molecule has 0 amide bonds. The maximum atomic E-state index is 14.7. The second-order valence-corrected chi connectivity index (χ2v) is 11.5. The molecule has 7 nitrogen and oxygen atoms in total. The Hall–Kier alpha value is -3.35. The smallest absolute Gasteiger partial charge is 0.223 e. The van der Waals surface area contributed by atoms with Crippen molar-refractivity contribution in [3.8, 4) is 21.8 Å². The van der Waals surface area contributed by atoms with Crippen LogP contribution < -0.4 is 10.0 Å². The average Bonchev–Trinajstić information content (AvgIpc) is 3.60. The van der Waals surface area contributed by atoms with E-state index in [0.29, 0.717) is 29.4 Å². The highest BCUT2D eigenvalue weighted by Crippen LogP contribution is 2.39. The predicted octanol–water partition coefficient (Wildman–Crippen LogP) is 6.53. The van der Waals surface area contributed by atoms with Crippen molar-refractivity contribution in [2.45, 2.75) is 43.6 Å². The Morgan fingerprint density at radius 2 is 1.90 bits per heavy atom. The molecule has 2 aromatic heterocycles. The van der Waals surface area contributed by atoms with Gasteiger partial charge in [0.15, 0.2) is 11.0 Å². The minimum absolute atomic E-state index is 0.121. The molecule has 39 heavy (non-hydrogen) atoms. The zero-order valence-corrected chi connectivity index (χ0v) is 22.8. The lowest BCUT2D eigenvalue weighted by atomic mass is 10.1. The van der Waals surface area contributed by atoms with Crippen molar-refractivity contribution in [3.63, 3.8) is 0 Å². The monoisotopic (exact) mass is 573 g/mol. The number of hydrogen-bond acceptors (Lipinski definition) is 7. The standard InChI is InChI=1S/C27H26F3N5O2S2/c1-15(2)26-34-23(24(38-26)21-10-11-31-27(33-21)32-14-17-5-4-12-37-17)16-8-9-18(28)22(13-16)35-39(36)25-19(29)6-3-7-20(25)30/h3,6-11,13,15,17,35H,4-5,12,14H2,1-2H3,(H,31,32,33). The van der Waals surface area contributed by atoms with E-state index < -0.39 is 33.3 Å². The van der Waals surface area contributed by atoms with Crippen molar-refractivity contribution in [2.24, 2.45) is 0 Å². The van der Waals surface area contributed by atoms with E-state index in [-0.39, 0.29) is 17.7 Å². The largest absolute Gasteiger partial charge is 0.376 e. The SMILES string of the molecule is CC(C)c1nc(-c2ccc(F)c(NS(=O)c3c(F)cccc3F)c2)c(-c2ccnc(NCC3CCCO3)n2)s1. The summed E-state index contributed by atoms with van der Waals surface area (Å²) in [7, 11) is -2.38. The van der Waals surface area contributed by atoms with Crippen LogP contribution in [0.5, 0.6) is 0 Å². The maximum Gasteiger partial charge on any atom is 0.223 e. The topological polar surface area (TPSA) is 89.0 Å². The number of aromatic nitrogens is 3. The molecule has 0 spiro atoms. The van der Waals surface area contributed by atoms with Crippen LogP contribution in [-0.4, -0.2) is 38.4 Å². The van der Waals surface area contributed by atoms with Gasteiger partial charge in [0, 0.05) is 30.8 Å². The molecule has 1 saturated heterocycles. The molecule has 3 heterocycles. The summed E-state index contributed by atoms with van der Waals surface area (Å²) in [4.78, 5) is 13.9. The molecule has 204 valence electrons. The van der Waals surface area contributed by atoms with E-state index in [1.807, 2.05) is 13.8 Å². The third-order valence-corrected chi connectivity index (χ3v) is 8.63. The van der Waals surface area contributed by atoms with Crippen molar-refractivity contribution in [3.05, 3.63) is 71.1 Å². The first kappa shape index (κ1) is 27.2. The summed E-state index contributed by atoms with van der Waals surface area (Å²) in [6, 6.07) is 9.09. The molecular formula is C27H26F3N5O2S2. The Morgan fingerprint density at radius 1 is 1.10 bits per heavy atom. The lowest BCUT2D eigenvalue weighted by Gasteiger charge is -2.12. The molecule has 5 rings (SSSR count). The van der Waals surface area contributed by atoms with Gasteiger partial charge in [0.1, 0.15) is 22.3 Å². The van der Waals surface area contributed by atoms with E-state index in [0.717, 1.165) is 41.5 Å². The quantitative estimate of drug-likeness (QED) is 0.237. The first-order valence-electron chi connectivity index (χ1n) is 12.4. The van der Waals surface area contributed by atoms with Gasteiger partial charge in [0.05, 0.1) is 33.1 Å². The van der Waals surface area contributed by atoms with Gasteiger partial charge in [-0.3, -0.25) is 4.72 Å². The second kappa shape index (κ2) is 11.8. The fourth-order valence-electron chi connectivity index (χ4n) is 4.09. The Kier molecular flexibility index (Phi) is 8.24. The summed E-state index contributed by atoms with van der Waals surface area (Å²) in [5.74, 6) is -2.14. The van der Waals surface area contributed by atoms with Gasteiger partial charge in [-0.15, -0.1) is 11.3 Å². The zero-order valence-electron chi connectivity index (χ0n) is 21.2. The van der Waals surface area contributed by atoms with E-state index in [4.69, 9.17) is 9.72 Å². The van der Waals surface area contributed by atoms with Gasteiger partial charge in [-0.1, -0.05) is 19.9 Å². The normalized spacial score (nSPS) is 16.0. The van der Waals surface area contributed by atoms with Crippen LogP contribution in [0, 0.1) is 17.5 Å². The van der Waals surface area contributed by atoms with E-state index in [1.165, 1.54) is 29.5 Å². The highest BCUT2D eigenvalue weighted by atomic mass is 32.2. The summed E-state index contributed by atoms with van der Waals surface area (Å²) >= 11 is 1.47. The Bertz CT molecular complexity index is 1490. The summed E-state index contributed by atoms with van der Waals surface area (Å²) in [6.45, 7) is 5.39. The minimum Gasteiger partial charge on any atom is -0.376 e. The van der Waals surface area contributed by atoms with Crippen molar-refractivity contribution >= 4 is 34.0 Å². The highest BCUT2D eigenvalue weighted by Gasteiger charge is 2.22. The van der Waals surface area contributed by atoms with Gasteiger partial charge >= 0.3 is 0 Å². The van der Waals surface area contributed by atoms with E-state index in [2.05, 4.69) is 20.0 Å². The van der Waals surface area contributed by atoms with Crippen molar-refractivity contribution in [1.82, 2.24) is 15.0 Å². The molecule has 2 atom stereocenters. The molecule has 2 unspecified atom stereocenters. The number of halogens is 3. The highest BCUT2D eigenvalue weighted by molar-refractivity contribution is 7.86.